The lowest BCUT2D eigenvalue weighted by Crippen LogP contribution is -2.40. The maximum Gasteiger partial charge on any atom is 0.328 e. The Kier molecular flexibility index (Phi) is 2.99. The lowest BCUT2D eigenvalue weighted by Gasteiger charge is -1.96. The van der Waals surface area contributed by atoms with E-state index in [0.29, 0.717) is 0 Å². The molecule has 0 aromatic rings. The molecule has 0 aromatic heterocycles. The Bertz CT molecular complexity index is 64.0. The van der Waals surface area contributed by atoms with E-state index in [1.807, 2.05) is 11.0 Å². The van der Waals surface area contributed by atoms with Gasteiger partial charge in [-0.05, 0) is 0 Å². The van der Waals surface area contributed by atoms with Gasteiger partial charge in [-0.2, -0.15) is 0 Å². The molecule has 0 aromatic carbocycles. The molecule has 7 heavy (non-hydrogen) atoms. The third-order valence-electron chi connectivity index (χ3n) is 0.276. The van der Waals surface area contributed by atoms with Crippen LogP contribution in [0.25, 0.3) is 0 Å². The predicted molar refractivity (Wildman–Crippen MR) is 22.9 cm³/mol. The van der Waals surface area contributed by atoms with E-state index in [9.17, 15) is 4.79 Å². The average molecular weight is 105 g/mol. The normalized spacial score (nSPS) is 8.14. The van der Waals surface area contributed by atoms with E-state index in [2.05, 4.69) is 10.6 Å². The molecule has 0 unspecified atom stereocenters. The molecule has 0 aliphatic heterocycles. The van der Waals surface area contributed by atoms with Crippen LogP contribution in [0.2, 0.25) is 0 Å². The van der Waals surface area contributed by atoms with E-state index < -0.39 is 6.03 Å². The number of hydrogen-bond acceptors (Lipinski definition) is 3. The zero-order chi connectivity index (χ0) is 5.70. The number of amides is 2. The van der Waals surface area contributed by atoms with E-state index in [4.69, 9.17) is 0 Å². The highest BCUT2D eigenvalue weighted by atomic mass is 16.7. The first-order valence-electron chi connectivity index (χ1n) is 1.61. The summed E-state index contributed by atoms with van der Waals surface area (Å²) in [6.07, 6.45) is 0. The minimum absolute atomic E-state index is 0.679. The first-order valence-corrected chi connectivity index (χ1v) is 1.61. The maximum absolute atomic E-state index is 9.73. The fraction of sp³-hybridized carbons (Fsp3) is 0.500. The summed E-state index contributed by atoms with van der Waals surface area (Å²) in [5, 5.41) is 0. The van der Waals surface area contributed by atoms with Gasteiger partial charge in [0.25, 0.3) is 0 Å². The smallest absolute Gasteiger partial charge is 0.328 e. The van der Waals surface area contributed by atoms with Crippen LogP contribution in [0.3, 0.4) is 0 Å². The van der Waals surface area contributed by atoms with Crippen molar-refractivity contribution in [2.45, 2.75) is 0 Å². The number of hydrogen-bond donors (Lipinski definition) is 3. The van der Waals surface area contributed by atoms with Gasteiger partial charge in [0.1, 0.15) is 0 Å². The Morgan fingerprint density at radius 2 is 2.43 bits per heavy atom. The van der Waals surface area contributed by atoms with Gasteiger partial charge in [-0.1, -0.05) is 0 Å². The highest BCUT2D eigenvalue weighted by Crippen LogP contribution is 1.46. The molecule has 5 nitrogen and oxygen atoms in total. The highest BCUT2D eigenvalue weighted by molar-refractivity contribution is 5.70. The molecule has 0 saturated heterocycles. The van der Waals surface area contributed by atoms with Crippen molar-refractivity contribution in [1.29, 1.82) is 0 Å². The summed E-state index contributed by atoms with van der Waals surface area (Å²) in [4.78, 5) is 13.9. The van der Waals surface area contributed by atoms with Crippen LogP contribution in [0.4, 0.5) is 4.79 Å². The van der Waals surface area contributed by atoms with Crippen molar-refractivity contribution in [1.82, 2.24) is 11.0 Å². The Morgan fingerprint density at radius 3 is 2.57 bits per heavy atom. The molecule has 0 aliphatic rings. The topological polar surface area (TPSA) is 76.4 Å². The van der Waals surface area contributed by atoms with Crippen molar-refractivity contribution < 1.29 is 9.63 Å². The number of nitrogens with two attached hydrogens (primary N) is 1. The van der Waals surface area contributed by atoms with Gasteiger partial charge in [-0.15, -0.1) is 5.59 Å². The molecule has 5 heteroatoms. The second-order valence-electron chi connectivity index (χ2n) is 0.795. The Morgan fingerprint density at radius 1 is 1.86 bits per heavy atom. The third-order valence-corrected chi connectivity index (χ3v) is 0.276. The lowest BCUT2D eigenvalue weighted by molar-refractivity contribution is 0.0655. The van der Waals surface area contributed by atoms with E-state index in [1.165, 1.54) is 7.11 Å². The van der Waals surface area contributed by atoms with Crippen LogP contribution in [0, 0.1) is 0 Å². The third kappa shape index (κ3) is 5.19. The van der Waals surface area contributed by atoms with Gasteiger partial charge < -0.3 is 5.73 Å². The van der Waals surface area contributed by atoms with Crippen molar-refractivity contribution in [3.05, 3.63) is 0 Å². The Labute approximate surface area is 40.7 Å². The molecule has 0 bridgehead atoms. The van der Waals surface area contributed by atoms with Gasteiger partial charge in [0.15, 0.2) is 0 Å². The van der Waals surface area contributed by atoms with Crippen LogP contribution in [-0.2, 0) is 4.84 Å². The minimum Gasteiger partial charge on any atom is -0.350 e. The first-order chi connectivity index (χ1) is 3.27. The number of carbonyl (C=O) groups is 1. The monoisotopic (exact) mass is 105 g/mol. The van der Waals surface area contributed by atoms with Gasteiger partial charge in [0.05, 0.1) is 7.11 Å². The number of urea groups is 1. The summed E-state index contributed by atoms with van der Waals surface area (Å²) in [5.41, 5.74) is 8.57. The minimum atomic E-state index is -0.679. The van der Waals surface area contributed by atoms with E-state index in [1.54, 1.807) is 0 Å². The molecule has 0 rings (SSSR count). The summed E-state index contributed by atoms with van der Waals surface area (Å²) in [5.74, 6) is 0. The number of primary amides is 1. The Balaban J connectivity index is 2.82. The molecule has 0 fully saturated rings. The van der Waals surface area contributed by atoms with Crippen LogP contribution < -0.4 is 16.7 Å². The molecule has 0 aliphatic carbocycles. The quantitative estimate of drug-likeness (QED) is 0.383. The maximum atomic E-state index is 9.73. The summed E-state index contributed by atoms with van der Waals surface area (Å²) in [6, 6.07) is -0.679. The average Bonchev–Trinajstić information content (AvgIpc) is 1.61. The SMILES string of the molecule is CONNC(N)=O. The summed E-state index contributed by atoms with van der Waals surface area (Å²) in [7, 11) is 1.36. The van der Waals surface area contributed by atoms with Crippen LogP contribution in [0.1, 0.15) is 0 Å². The van der Waals surface area contributed by atoms with Crippen molar-refractivity contribution in [3.63, 3.8) is 0 Å². The number of nitrogens with one attached hydrogen (secondary N) is 2. The number of hydrazine groups is 1. The molecule has 0 saturated carbocycles. The second-order valence-corrected chi connectivity index (χ2v) is 0.795. The van der Waals surface area contributed by atoms with Crippen LogP contribution in [-0.4, -0.2) is 13.1 Å². The van der Waals surface area contributed by atoms with Gasteiger partial charge >= 0.3 is 6.03 Å². The van der Waals surface area contributed by atoms with Crippen molar-refractivity contribution in [2.24, 2.45) is 5.73 Å². The molecule has 0 atom stereocenters. The molecule has 42 valence electrons. The van der Waals surface area contributed by atoms with Gasteiger partial charge in [-0.25, -0.2) is 4.79 Å². The summed E-state index contributed by atoms with van der Waals surface area (Å²) >= 11 is 0. The number of carbonyl (C=O) groups excluding carboxylic acids is 1. The van der Waals surface area contributed by atoms with E-state index in [-0.39, 0.29) is 0 Å². The van der Waals surface area contributed by atoms with Gasteiger partial charge in [0.2, 0.25) is 0 Å². The summed E-state index contributed by atoms with van der Waals surface area (Å²) < 4.78 is 0. The lowest BCUT2D eigenvalue weighted by atomic mass is 11.2. The van der Waals surface area contributed by atoms with E-state index in [0.717, 1.165) is 0 Å². The van der Waals surface area contributed by atoms with Crippen molar-refractivity contribution >= 4 is 6.03 Å². The molecule has 4 N–H and O–H groups in total. The molecule has 0 heterocycles. The molecular weight excluding hydrogens is 98.0 g/mol. The fourth-order valence-corrected chi connectivity index (χ4v) is 0.101. The van der Waals surface area contributed by atoms with Gasteiger partial charge in [0, 0.05) is 0 Å². The van der Waals surface area contributed by atoms with Crippen molar-refractivity contribution in [3.8, 4) is 0 Å². The largest absolute Gasteiger partial charge is 0.350 e. The van der Waals surface area contributed by atoms with Crippen LogP contribution in [0.15, 0.2) is 0 Å². The predicted octanol–water partition coefficient (Wildman–Crippen LogP) is -1.28. The van der Waals surface area contributed by atoms with Crippen LogP contribution in [0.5, 0.6) is 0 Å². The zero-order valence-electron chi connectivity index (χ0n) is 3.89. The first kappa shape index (κ1) is 6.19. The molecule has 0 radical (unpaired) electrons. The fourth-order valence-electron chi connectivity index (χ4n) is 0.101. The molecular formula is C2H7N3O2. The Hall–Kier alpha value is -0.810. The molecule has 0 spiro atoms. The number of rotatable bonds is 2. The van der Waals surface area contributed by atoms with Gasteiger partial charge in [-0.3, -0.25) is 10.3 Å². The van der Waals surface area contributed by atoms with Crippen molar-refractivity contribution in [2.75, 3.05) is 7.11 Å². The standard InChI is InChI=1S/C2H7N3O2/c1-7-5-4-2(3)6/h5H,1H3,(H3,3,4,6). The molecule has 2 amide bonds. The van der Waals surface area contributed by atoms with Crippen LogP contribution >= 0.6 is 0 Å². The van der Waals surface area contributed by atoms with E-state index >= 15 is 0 Å². The highest BCUT2D eigenvalue weighted by Gasteiger charge is 1.82. The summed E-state index contributed by atoms with van der Waals surface area (Å²) in [6.45, 7) is 0. The second kappa shape index (κ2) is 3.38. The zero-order valence-corrected chi connectivity index (χ0v) is 3.89.